The molecule has 0 heterocycles. The molecular weight excluding hydrogens is 392 g/mol. The monoisotopic (exact) mass is 433 g/mol. The Hall–Kier alpha value is -0.569. The van der Waals surface area contributed by atoms with Gasteiger partial charge in [0.2, 0.25) is 0 Å². The molecule has 0 saturated carbocycles. The van der Waals surface area contributed by atoms with Gasteiger partial charge in [-0.2, -0.15) is 0 Å². The van der Waals surface area contributed by atoms with Crippen molar-refractivity contribution in [1.29, 1.82) is 0 Å². The number of allylic oxidation sites excluding steroid dienone is 4. The molecule has 0 N–H and O–H groups in total. The van der Waals surface area contributed by atoms with E-state index in [4.69, 9.17) is 3.32 Å². The van der Waals surface area contributed by atoms with E-state index in [2.05, 4.69) is 101 Å². The van der Waals surface area contributed by atoms with Gasteiger partial charge in [-0.25, -0.2) is 0 Å². The van der Waals surface area contributed by atoms with Crippen molar-refractivity contribution in [3.8, 4) is 5.75 Å². The van der Waals surface area contributed by atoms with Crippen LogP contribution in [0.4, 0.5) is 0 Å². The van der Waals surface area contributed by atoms with Gasteiger partial charge in [0, 0.05) is 0 Å². The fourth-order valence-electron chi connectivity index (χ4n) is 3.90. The predicted molar refractivity (Wildman–Crippen MR) is 124 cm³/mol. The molecule has 1 unspecified atom stereocenters. The van der Waals surface area contributed by atoms with Gasteiger partial charge < -0.3 is 0 Å². The van der Waals surface area contributed by atoms with Crippen molar-refractivity contribution < 1.29 is 20.8 Å². The molecule has 1 aliphatic carbocycles. The molecule has 0 bridgehead atoms. The zero-order valence-corrected chi connectivity index (χ0v) is 23.0. The second kappa shape index (κ2) is 8.28. The van der Waals surface area contributed by atoms with Gasteiger partial charge in [-0.05, 0) is 0 Å². The molecule has 3 heteroatoms. The third-order valence-electron chi connectivity index (χ3n) is 6.30. The minimum atomic E-state index is -1.79. The van der Waals surface area contributed by atoms with Crippen LogP contribution in [0.5, 0.6) is 5.75 Å². The molecule has 0 amide bonds. The van der Waals surface area contributed by atoms with E-state index in [0.29, 0.717) is 5.92 Å². The topological polar surface area (TPSA) is 9.23 Å². The molecule has 1 aliphatic rings. The van der Waals surface area contributed by atoms with Crippen molar-refractivity contribution >= 4 is 6.66 Å². The van der Waals surface area contributed by atoms with Crippen LogP contribution < -0.4 is 3.32 Å². The summed E-state index contributed by atoms with van der Waals surface area (Å²) in [4.78, 5) is 0. The zero-order chi connectivity index (χ0) is 21.6. The molecule has 0 fully saturated rings. The first-order valence-electron chi connectivity index (χ1n) is 10.7. The Morgan fingerprint density at radius 1 is 0.821 bits per heavy atom. The summed E-state index contributed by atoms with van der Waals surface area (Å²) in [6.45, 7) is 27.2. The van der Waals surface area contributed by atoms with Crippen LogP contribution >= 0.6 is 0 Å². The Labute approximate surface area is 181 Å². The molecule has 0 saturated heterocycles. The van der Waals surface area contributed by atoms with Crippen LogP contribution in [-0.2, 0) is 28.3 Å². The second-order valence-corrected chi connectivity index (χ2v) is 23.1. The standard InChI is InChI=1S/C14H22O.C9H13.C2H7Si.Ti/c1-13(2,3)10-7-11(14(4,5)6)9-12(15)8-10;1-6-5-7(2)9(4)8(6)3;1-3-2;/h7-9,15H,1-6H3;6H,1-4H3;3H,1-2H3;/q;;;+1/p-1. The fraction of sp³-hybridized carbons (Fsp3) is 0.600. The number of hydrogen-bond acceptors (Lipinski definition) is 1. The van der Waals surface area contributed by atoms with E-state index in [1.54, 1.807) is 9.45 Å². The van der Waals surface area contributed by atoms with Crippen LogP contribution in [0.2, 0.25) is 13.1 Å². The van der Waals surface area contributed by atoms with E-state index >= 15 is 0 Å². The van der Waals surface area contributed by atoms with Crippen LogP contribution in [-0.4, -0.2) is 6.66 Å². The predicted octanol–water partition coefficient (Wildman–Crippen LogP) is 7.44. The van der Waals surface area contributed by atoms with E-state index < -0.39 is 24.2 Å². The van der Waals surface area contributed by atoms with Crippen LogP contribution in [0.3, 0.4) is 0 Å². The van der Waals surface area contributed by atoms with E-state index in [1.165, 1.54) is 22.3 Å². The Bertz CT molecular complexity index is 771. The van der Waals surface area contributed by atoms with E-state index in [0.717, 1.165) is 5.75 Å². The molecule has 1 aromatic rings. The first kappa shape index (κ1) is 23.7. The zero-order valence-electron chi connectivity index (χ0n) is 20.3. The molecule has 0 radical (unpaired) electrons. The summed E-state index contributed by atoms with van der Waals surface area (Å²) in [5.41, 5.74) is 7.60. The Morgan fingerprint density at radius 3 is 1.61 bits per heavy atom. The fourth-order valence-corrected chi connectivity index (χ4v) is 13.9. The third kappa shape index (κ3) is 4.94. The summed E-state index contributed by atoms with van der Waals surface area (Å²) in [6, 6.07) is 7.03. The van der Waals surface area contributed by atoms with Gasteiger partial charge in [0.05, 0.1) is 0 Å². The molecule has 155 valence electrons. The normalized spacial score (nSPS) is 18.4. The summed E-state index contributed by atoms with van der Waals surface area (Å²) >= 11 is -1.79. The summed E-state index contributed by atoms with van der Waals surface area (Å²) in [5, 5.41) is 0. The van der Waals surface area contributed by atoms with Crippen molar-refractivity contribution in [2.45, 2.75) is 93.2 Å². The second-order valence-electron chi connectivity index (χ2n) is 10.9. The SMILES string of the molecule is CC1=C(C)C(C)[C]([Ti]([O]c2cc(C(C)(C)C)cc(C(C)(C)C)c2)[SiH](C)C)=C1C. The maximum atomic E-state index is 7.01. The quantitative estimate of drug-likeness (QED) is 0.449. The van der Waals surface area contributed by atoms with E-state index in [-0.39, 0.29) is 10.8 Å². The molecule has 0 aromatic heterocycles. The van der Waals surface area contributed by atoms with Crippen molar-refractivity contribution in [1.82, 2.24) is 0 Å². The third-order valence-corrected chi connectivity index (χ3v) is 16.8. The van der Waals surface area contributed by atoms with Crippen molar-refractivity contribution in [3.63, 3.8) is 0 Å². The van der Waals surface area contributed by atoms with Crippen LogP contribution in [0.15, 0.2) is 38.8 Å². The molecule has 2 rings (SSSR count). The average Bonchev–Trinajstić information content (AvgIpc) is 2.74. The molecule has 1 nitrogen and oxygen atoms in total. The molecular formula is C25H41OSiTi. The Morgan fingerprint density at radius 2 is 1.29 bits per heavy atom. The van der Waals surface area contributed by atoms with E-state index in [9.17, 15) is 0 Å². The molecule has 28 heavy (non-hydrogen) atoms. The Kier molecular flexibility index (Phi) is 7.01. The van der Waals surface area contributed by atoms with E-state index in [1.807, 2.05) is 0 Å². The van der Waals surface area contributed by atoms with Crippen molar-refractivity contribution in [2.75, 3.05) is 0 Å². The van der Waals surface area contributed by atoms with Crippen LogP contribution in [0.25, 0.3) is 0 Å². The van der Waals surface area contributed by atoms with Gasteiger partial charge >= 0.3 is 182 Å². The molecule has 0 aliphatic heterocycles. The first-order chi connectivity index (χ1) is 12.6. The van der Waals surface area contributed by atoms with Crippen molar-refractivity contribution in [3.05, 3.63) is 49.9 Å². The summed E-state index contributed by atoms with van der Waals surface area (Å²) in [6.07, 6.45) is 0. The first-order valence-corrected chi connectivity index (χ1v) is 17.7. The number of hydrogen-bond donors (Lipinski definition) is 0. The summed E-state index contributed by atoms with van der Waals surface area (Å²) in [5.74, 6) is 1.68. The average molecular weight is 434 g/mol. The van der Waals surface area contributed by atoms with Gasteiger partial charge in [0.15, 0.2) is 0 Å². The molecule has 1 aromatic carbocycles. The Balaban J connectivity index is 2.52. The van der Waals surface area contributed by atoms with Gasteiger partial charge in [-0.3, -0.25) is 0 Å². The number of benzene rings is 1. The van der Waals surface area contributed by atoms with Crippen LogP contribution in [0, 0.1) is 5.92 Å². The van der Waals surface area contributed by atoms with Gasteiger partial charge in [-0.15, -0.1) is 0 Å². The van der Waals surface area contributed by atoms with Crippen molar-refractivity contribution in [2.24, 2.45) is 5.92 Å². The van der Waals surface area contributed by atoms with Gasteiger partial charge in [0.1, 0.15) is 0 Å². The maximum absolute atomic E-state index is 7.01. The summed E-state index contributed by atoms with van der Waals surface area (Å²) in [7, 11) is 0. The molecule has 1 atom stereocenters. The van der Waals surface area contributed by atoms with Crippen LogP contribution in [0.1, 0.15) is 80.4 Å². The van der Waals surface area contributed by atoms with Gasteiger partial charge in [-0.1, -0.05) is 0 Å². The minimum absolute atomic E-state index is 0.124. The summed E-state index contributed by atoms with van der Waals surface area (Å²) < 4.78 is 8.70. The molecule has 0 spiro atoms. The number of rotatable bonds is 4. The van der Waals surface area contributed by atoms with Gasteiger partial charge in [0.25, 0.3) is 0 Å².